The predicted molar refractivity (Wildman–Crippen MR) is 70.3 cm³/mol. The number of aryl methyl sites for hydroxylation is 1. The van der Waals surface area contributed by atoms with E-state index in [0.29, 0.717) is 0 Å². The van der Waals surface area contributed by atoms with Gasteiger partial charge in [0.2, 0.25) is 0 Å². The van der Waals surface area contributed by atoms with Crippen LogP contribution in [0.25, 0.3) is 0 Å². The summed E-state index contributed by atoms with van der Waals surface area (Å²) in [6.45, 7) is 2.00. The van der Waals surface area contributed by atoms with E-state index >= 15 is 0 Å². The number of benzene rings is 1. The Hall–Kier alpha value is -2.43. The van der Waals surface area contributed by atoms with Gasteiger partial charge in [-0.3, -0.25) is 0 Å². The molecule has 0 spiro atoms. The number of carbonyl (C=O) groups is 1. The van der Waals surface area contributed by atoms with Crippen molar-refractivity contribution >= 4 is 17.5 Å². The number of para-hydroxylation sites is 1. The number of rotatable bonds is 4. The fourth-order valence-corrected chi connectivity index (χ4v) is 1.78. The number of aromatic carboxylic acids is 1. The summed E-state index contributed by atoms with van der Waals surface area (Å²) in [4.78, 5) is 14.9. The second-order valence-corrected chi connectivity index (χ2v) is 3.99. The van der Waals surface area contributed by atoms with E-state index in [1.54, 1.807) is 0 Å². The second kappa shape index (κ2) is 5.48. The lowest BCUT2D eigenvalue weighted by molar-refractivity contribution is 0.0697. The van der Waals surface area contributed by atoms with Gasteiger partial charge in [0.1, 0.15) is 17.2 Å². The van der Waals surface area contributed by atoms with Crippen LogP contribution in [0.5, 0.6) is 0 Å². The van der Waals surface area contributed by atoms with Gasteiger partial charge in [-0.25, -0.2) is 14.2 Å². The normalized spacial score (nSPS) is 10.2. The highest BCUT2D eigenvalue weighted by Crippen LogP contribution is 2.23. The number of hydrogen-bond donors (Lipinski definition) is 2. The van der Waals surface area contributed by atoms with E-state index in [1.807, 2.05) is 31.2 Å². The summed E-state index contributed by atoms with van der Waals surface area (Å²) in [5.74, 6) is -1.76. The molecule has 1 aromatic heterocycles. The topological polar surface area (TPSA) is 62.2 Å². The first-order chi connectivity index (χ1) is 9.11. The number of pyridine rings is 1. The molecule has 19 heavy (non-hydrogen) atoms. The van der Waals surface area contributed by atoms with E-state index in [4.69, 9.17) is 5.11 Å². The Morgan fingerprint density at radius 3 is 2.84 bits per heavy atom. The lowest BCUT2D eigenvalue weighted by Gasteiger charge is -2.11. The molecule has 5 heteroatoms. The summed E-state index contributed by atoms with van der Waals surface area (Å²) in [6, 6.07) is 8.46. The van der Waals surface area contributed by atoms with Gasteiger partial charge in [-0.1, -0.05) is 25.1 Å². The lowest BCUT2D eigenvalue weighted by Crippen LogP contribution is -2.06. The largest absolute Gasteiger partial charge is 0.478 e. The molecule has 0 atom stereocenters. The molecule has 0 aliphatic rings. The summed E-state index contributed by atoms with van der Waals surface area (Å²) >= 11 is 0. The highest BCUT2D eigenvalue weighted by atomic mass is 19.1. The van der Waals surface area contributed by atoms with Crippen molar-refractivity contribution in [2.45, 2.75) is 13.3 Å². The van der Waals surface area contributed by atoms with Crippen molar-refractivity contribution in [3.8, 4) is 0 Å². The molecule has 2 N–H and O–H groups in total. The highest BCUT2D eigenvalue weighted by molar-refractivity contribution is 5.94. The third-order valence-corrected chi connectivity index (χ3v) is 2.74. The molecule has 0 radical (unpaired) electrons. The molecule has 4 nitrogen and oxygen atoms in total. The molecule has 2 aromatic rings. The Bertz CT molecular complexity index is 614. The van der Waals surface area contributed by atoms with Crippen LogP contribution in [-0.4, -0.2) is 16.1 Å². The molecule has 1 heterocycles. The fourth-order valence-electron chi connectivity index (χ4n) is 1.78. The van der Waals surface area contributed by atoms with Gasteiger partial charge in [-0.2, -0.15) is 0 Å². The molecule has 0 amide bonds. The molecule has 2 rings (SSSR count). The average Bonchev–Trinajstić information content (AvgIpc) is 2.41. The van der Waals surface area contributed by atoms with E-state index in [-0.39, 0.29) is 11.4 Å². The van der Waals surface area contributed by atoms with Gasteiger partial charge in [0, 0.05) is 5.69 Å². The van der Waals surface area contributed by atoms with Gasteiger partial charge in [0.25, 0.3) is 0 Å². The third-order valence-electron chi connectivity index (χ3n) is 2.74. The number of carboxylic acid groups (broad SMARTS) is 1. The van der Waals surface area contributed by atoms with Crippen LogP contribution in [-0.2, 0) is 6.42 Å². The van der Waals surface area contributed by atoms with Crippen LogP contribution in [0, 0.1) is 5.82 Å². The van der Waals surface area contributed by atoms with Gasteiger partial charge in [0.15, 0.2) is 0 Å². The average molecular weight is 260 g/mol. The SMILES string of the molecule is CCc1ccccc1Nc1ncc(F)cc1C(=O)O. The second-order valence-electron chi connectivity index (χ2n) is 3.99. The lowest BCUT2D eigenvalue weighted by atomic mass is 10.1. The van der Waals surface area contributed by atoms with E-state index in [2.05, 4.69) is 10.3 Å². The van der Waals surface area contributed by atoms with Crippen molar-refractivity contribution in [1.82, 2.24) is 4.98 Å². The zero-order chi connectivity index (χ0) is 13.8. The van der Waals surface area contributed by atoms with Gasteiger partial charge < -0.3 is 10.4 Å². The van der Waals surface area contributed by atoms with E-state index < -0.39 is 11.8 Å². The molecular formula is C14H13FN2O2. The quantitative estimate of drug-likeness (QED) is 0.886. The Balaban J connectivity index is 2.41. The first-order valence-electron chi connectivity index (χ1n) is 5.85. The summed E-state index contributed by atoms with van der Waals surface area (Å²) < 4.78 is 13.0. The van der Waals surface area contributed by atoms with E-state index in [1.165, 1.54) is 0 Å². The Morgan fingerprint density at radius 2 is 2.16 bits per heavy atom. The minimum absolute atomic E-state index is 0.134. The standard InChI is InChI=1S/C14H13FN2O2/c1-2-9-5-3-4-6-12(9)17-13-11(14(18)19)7-10(15)8-16-13/h3-8H,2H2,1H3,(H,16,17)(H,18,19). The van der Waals surface area contributed by atoms with Crippen LogP contribution in [0.4, 0.5) is 15.9 Å². The number of nitrogens with one attached hydrogen (secondary N) is 1. The summed E-state index contributed by atoms with van der Waals surface area (Å²) in [5, 5.41) is 12.0. The number of halogens is 1. The van der Waals surface area contributed by atoms with Gasteiger partial charge >= 0.3 is 5.97 Å². The van der Waals surface area contributed by atoms with Gasteiger partial charge in [0.05, 0.1) is 6.20 Å². The van der Waals surface area contributed by atoms with E-state index in [9.17, 15) is 9.18 Å². The number of hydrogen-bond acceptors (Lipinski definition) is 3. The van der Waals surface area contributed by atoms with Crippen molar-refractivity contribution in [1.29, 1.82) is 0 Å². The van der Waals surface area contributed by atoms with Crippen LogP contribution < -0.4 is 5.32 Å². The van der Waals surface area contributed by atoms with Crippen molar-refractivity contribution in [3.63, 3.8) is 0 Å². The van der Waals surface area contributed by atoms with Crippen molar-refractivity contribution in [3.05, 3.63) is 53.5 Å². The number of aromatic nitrogens is 1. The van der Waals surface area contributed by atoms with Crippen molar-refractivity contribution < 1.29 is 14.3 Å². The zero-order valence-corrected chi connectivity index (χ0v) is 10.4. The molecule has 1 aromatic carbocycles. The molecule has 98 valence electrons. The highest BCUT2D eigenvalue weighted by Gasteiger charge is 2.13. The minimum atomic E-state index is -1.22. The van der Waals surface area contributed by atoms with Crippen LogP contribution in [0.3, 0.4) is 0 Å². The molecule has 0 bridgehead atoms. The maximum atomic E-state index is 13.0. The van der Waals surface area contributed by atoms with Crippen molar-refractivity contribution in [2.75, 3.05) is 5.32 Å². The molecule has 0 saturated heterocycles. The maximum absolute atomic E-state index is 13.0. The number of anilines is 2. The fraction of sp³-hybridized carbons (Fsp3) is 0.143. The molecular weight excluding hydrogens is 247 g/mol. The summed E-state index contributed by atoms with van der Waals surface area (Å²) in [5.41, 5.74) is 1.61. The summed E-state index contributed by atoms with van der Waals surface area (Å²) in [6.07, 6.45) is 1.79. The molecule has 0 aliphatic heterocycles. The van der Waals surface area contributed by atoms with Gasteiger partial charge in [-0.05, 0) is 24.1 Å². The van der Waals surface area contributed by atoms with Crippen LogP contribution in [0.15, 0.2) is 36.5 Å². The molecule has 0 aliphatic carbocycles. The predicted octanol–water partition coefficient (Wildman–Crippen LogP) is 3.22. The molecule has 0 unspecified atom stereocenters. The van der Waals surface area contributed by atoms with Crippen LogP contribution in [0.2, 0.25) is 0 Å². The number of nitrogens with zero attached hydrogens (tertiary/aromatic N) is 1. The monoisotopic (exact) mass is 260 g/mol. The Kier molecular flexibility index (Phi) is 3.75. The maximum Gasteiger partial charge on any atom is 0.339 e. The van der Waals surface area contributed by atoms with Crippen molar-refractivity contribution in [2.24, 2.45) is 0 Å². The molecule has 0 saturated carbocycles. The summed E-state index contributed by atoms with van der Waals surface area (Å²) in [7, 11) is 0. The molecule has 0 fully saturated rings. The number of carboxylic acids is 1. The smallest absolute Gasteiger partial charge is 0.339 e. The van der Waals surface area contributed by atoms with Crippen LogP contribution >= 0.6 is 0 Å². The van der Waals surface area contributed by atoms with Crippen LogP contribution in [0.1, 0.15) is 22.8 Å². The third kappa shape index (κ3) is 2.88. The zero-order valence-electron chi connectivity index (χ0n) is 10.4. The minimum Gasteiger partial charge on any atom is -0.478 e. The Labute approximate surface area is 109 Å². The van der Waals surface area contributed by atoms with Gasteiger partial charge in [-0.15, -0.1) is 0 Å². The van der Waals surface area contributed by atoms with E-state index in [0.717, 1.165) is 29.9 Å². The Morgan fingerprint density at radius 1 is 1.42 bits per heavy atom. The first kappa shape index (κ1) is 13.0. The first-order valence-corrected chi connectivity index (χ1v) is 5.85.